The third-order valence-corrected chi connectivity index (χ3v) is 3.26. The van der Waals surface area contributed by atoms with Crippen molar-refractivity contribution in [1.29, 1.82) is 0 Å². The highest BCUT2D eigenvalue weighted by atomic mass is 16.5. The van der Waals surface area contributed by atoms with Gasteiger partial charge >= 0.3 is 0 Å². The van der Waals surface area contributed by atoms with Crippen LogP contribution in [0.3, 0.4) is 0 Å². The minimum Gasteiger partial charge on any atom is -0.496 e. The van der Waals surface area contributed by atoms with Crippen molar-refractivity contribution in [2.75, 3.05) is 20.2 Å². The number of hydrogen-bond donors (Lipinski definition) is 2. The number of rotatable bonds is 3. The number of para-hydroxylation sites is 1. The summed E-state index contributed by atoms with van der Waals surface area (Å²) in [5.41, 5.74) is 1.19. The number of aliphatic hydroxyl groups is 1. The Kier molecular flexibility index (Phi) is 3.80. The van der Waals surface area contributed by atoms with Crippen LogP contribution in [0.2, 0.25) is 0 Å². The number of piperidine rings is 1. The van der Waals surface area contributed by atoms with E-state index in [-0.39, 0.29) is 6.10 Å². The molecule has 0 spiro atoms. The van der Waals surface area contributed by atoms with E-state index in [1.807, 2.05) is 18.2 Å². The van der Waals surface area contributed by atoms with E-state index >= 15 is 0 Å². The predicted octanol–water partition coefficient (Wildman–Crippen LogP) is 1.21. The Morgan fingerprint density at radius 1 is 1.44 bits per heavy atom. The van der Waals surface area contributed by atoms with Crippen molar-refractivity contribution in [2.24, 2.45) is 5.92 Å². The topological polar surface area (TPSA) is 41.5 Å². The van der Waals surface area contributed by atoms with Crippen LogP contribution in [0.4, 0.5) is 0 Å². The molecule has 1 heterocycles. The van der Waals surface area contributed by atoms with Crippen molar-refractivity contribution in [2.45, 2.75) is 18.9 Å². The van der Waals surface area contributed by atoms with Gasteiger partial charge in [-0.2, -0.15) is 0 Å². The molecule has 2 unspecified atom stereocenters. The first kappa shape index (κ1) is 11.4. The van der Waals surface area contributed by atoms with E-state index in [0.717, 1.165) is 25.1 Å². The summed E-state index contributed by atoms with van der Waals surface area (Å²) in [6.45, 7) is 1.71. The normalized spacial score (nSPS) is 25.4. The summed E-state index contributed by atoms with van der Waals surface area (Å²) in [6.07, 6.45) is 1.69. The summed E-state index contributed by atoms with van der Waals surface area (Å²) >= 11 is 0. The SMILES string of the molecule is COc1ccccc1CC1CCNCC1O. The monoisotopic (exact) mass is 221 g/mol. The summed E-state index contributed by atoms with van der Waals surface area (Å²) in [5.74, 6) is 1.27. The van der Waals surface area contributed by atoms with Gasteiger partial charge in [0, 0.05) is 6.54 Å². The van der Waals surface area contributed by atoms with E-state index in [1.54, 1.807) is 7.11 Å². The molecule has 0 radical (unpaired) electrons. The Morgan fingerprint density at radius 2 is 2.25 bits per heavy atom. The second-order valence-electron chi connectivity index (χ2n) is 4.34. The molecular weight excluding hydrogens is 202 g/mol. The molecule has 2 rings (SSSR count). The number of methoxy groups -OCH3 is 1. The predicted molar refractivity (Wildman–Crippen MR) is 63.7 cm³/mol. The summed E-state index contributed by atoms with van der Waals surface area (Å²) in [4.78, 5) is 0. The van der Waals surface area contributed by atoms with Crippen LogP contribution in [0, 0.1) is 5.92 Å². The fourth-order valence-electron chi connectivity index (χ4n) is 2.29. The highest BCUT2D eigenvalue weighted by Gasteiger charge is 2.23. The number of nitrogens with one attached hydrogen (secondary N) is 1. The van der Waals surface area contributed by atoms with Gasteiger partial charge in [0.15, 0.2) is 0 Å². The fraction of sp³-hybridized carbons (Fsp3) is 0.538. The van der Waals surface area contributed by atoms with Gasteiger partial charge in [-0.15, -0.1) is 0 Å². The summed E-state index contributed by atoms with van der Waals surface area (Å²) in [5, 5.41) is 13.1. The Labute approximate surface area is 96.4 Å². The van der Waals surface area contributed by atoms with Gasteiger partial charge < -0.3 is 15.2 Å². The van der Waals surface area contributed by atoms with Gasteiger partial charge in [-0.1, -0.05) is 18.2 Å². The number of ether oxygens (including phenoxy) is 1. The van der Waals surface area contributed by atoms with E-state index in [4.69, 9.17) is 4.74 Å². The molecule has 0 aliphatic carbocycles. The number of benzene rings is 1. The third-order valence-electron chi connectivity index (χ3n) is 3.26. The lowest BCUT2D eigenvalue weighted by molar-refractivity contribution is 0.0817. The van der Waals surface area contributed by atoms with Crippen molar-refractivity contribution in [1.82, 2.24) is 5.32 Å². The Morgan fingerprint density at radius 3 is 3.00 bits per heavy atom. The molecule has 16 heavy (non-hydrogen) atoms. The molecule has 1 saturated heterocycles. The van der Waals surface area contributed by atoms with E-state index < -0.39 is 0 Å². The zero-order valence-corrected chi connectivity index (χ0v) is 9.65. The zero-order chi connectivity index (χ0) is 11.4. The average Bonchev–Trinajstić information content (AvgIpc) is 2.33. The molecule has 0 saturated carbocycles. The molecule has 2 atom stereocenters. The Balaban J connectivity index is 2.07. The van der Waals surface area contributed by atoms with Gasteiger partial charge in [0.25, 0.3) is 0 Å². The van der Waals surface area contributed by atoms with Gasteiger partial charge in [-0.05, 0) is 36.9 Å². The second kappa shape index (κ2) is 5.32. The molecule has 0 amide bonds. The van der Waals surface area contributed by atoms with Gasteiger partial charge in [-0.3, -0.25) is 0 Å². The van der Waals surface area contributed by atoms with Crippen LogP contribution >= 0.6 is 0 Å². The van der Waals surface area contributed by atoms with Crippen LogP contribution in [0.15, 0.2) is 24.3 Å². The van der Waals surface area contributed by atoms with E-state index in [1.165, 1.54) is 5.56 Å². The molecule has 1 fully saturated rings. The van der Waals surface area contributed by atoms with Gasteiger partial charge in [-0.25, -0.2) is 0 Å². The van der Waals surface area contributed by atoms with E-state index in [2.05, 4.69) is 11.4 Å². The van der Waals surface area contributed by atoms with Crippen LogP contribution < -0.4 is 10.1 Å². The molecule has 2 N–H and O–H groups in total. The maximum absolute atomic E-state index is 9.89. The minimum atomic E-state index is -0.237. The summed E-state index contributed by atoms with van der Waals surface area (Å²) in [6, 6.07) is 8.04. The number of aliphatic hydroxyl groups excluding tert-OH is 1. The minimum absolute atomic E-state index is 0.237. The smallest absolute Gasteiger partial charge is 0.122 e. The lowest BCUT2D eigenvalue weighted by Gasteiger charge is -2.28. The maximum atomic E-state index is 9.89. The first-order chi connectivity index (χ1) is 7.81. The largest absolute Gasteiger partial charge is 0.496 e. The molecule has 1 aliphatic heterocycles. The van der Waals surface area contributed by atoms with E-state index in [9.17, 15) is 5.11 Å². The lowest BCUT2D eigenvalue weighted by Crippen LogP contribution is -2.41. The zero-order valence-electron chi connectivity index (χ0n) is 9.65. The van der Waals surface area contributed by atoms with Crippen molar-refractivity contribution in [3.05, 3.63) is 29.8 Å². The first-order valence-electron chi connectivity index (χ1n) is 5.82. The first-order valence-corrected chi connectivity index (χ1v) is 5.82. The maximum Gasteiger partial charge on any atom is 0.122 e. The van der Waals surface area contributed by atoms with Gasteiger partial charge in [0.1, 0.15) is 5.75 Å². The quantitative estimate of drug-likeness (QED) is 0.806. The van der Waals surface area contributed by atoms with Gasteiger partial charge in [0.2, 0.25) is 0 Å². The molecule has 0 bridgehead atoms. The Hall–Kier alpha value is -1.06. The molecular formula is C13H19NO2. The average molecular weight is 221 g/mol. The van der Waals surface area contributed by atoms with Crippen LogP contribution in [0.25, 0.3) is 0 Å². The van der Waals surface area contributed by atoms with Crippen molar-refractivity contribution in [3.8, 4) is 5.75 Å². The molecule has 1 aromatic rings. The molecule has 3 nitrogen and oxygen atoms in total. The third kappa shape index (κ3) is 2.54. The highest BCUT2D eigenvalue weighted by molar-refractivity contribution is 5.33. The standard InChI is InChI=1S/C13H19NO2/c1-16-13-5-3-2-4-11(13)8-10-6-7-14-9-12(10)15/h2-5,10,12,14-15H,6-9H2,1H3. The van der Waals surface area contributed by atoms with Gasteiger partial charge in [0.05, 0.1) is 13.2 Å². The highest BCUT2D eigenvalue weighted by Crippen LogP contribution is 2.24. The molecule has 0 aromatic heterocycles. The second-order valence-corrected chi connectivity index (χ2v) is 4.34. The van der Waals surface area contributed by atoms with Crippen molar-refractivity contribution < 1.29 is 9.84 Å². The summed E-state index contributed by atoms with van der Waals surface area (Å²) < 4.78 is 5.32. The summed E-state index contributed by atoms with van der Waals surface area (Å²) in [7, 11) is 1.69. The van der Waals surface area contributed by atoms with Crippen LogP contribution in [0.5, 0.6) is 5.75 Å². The lowest BCUT2D eigenvalue weighted by atomic mass is 9.88. The number of hydrogen-bond acceptors (Lipinski definition) is 3. The van der Waals surface area contributed by atoms with Crippen molar-refractivity contribution in [3.63, 3.8) is 0 Å². The van der Waals surface area contributed by atoms with Crippen LogP contribution in [-0.2, 0) is 6.42 Å². The molecule has 3 heteroatoms. The molecule has 88 valence electrons. The fourth-order valence-corrected chi connectivity index (χ4v) is 2.29. The van der Waals surface area contributed by atoms with Crippen molar-refractivity contribution >= 4 is 0 Å². The molecule has 1 aliphatic rings. The van der Waals surface area contributed by atoms with E-state index in [0.29, 0.717) is 12.5 Å². The van der Waals surface area contributed by atoms with Crippen LogP contribution in [0.1, 0.15) is 12.0 Å². The Bertz CT molecular complexity index is 340. The number of β-amino-alcohol motifs (C(OH)–C–C–N with tert-alkyl or cyclic N) is 1. The van der Waals surface area contributed by atoms with Crippen LogP contribution in [-0.4, -0.2) is 31.4 Å². The molecule has 1 aromatic carbocycles.